The van der Waals surface area contributed by atoms with Crippen molar-refractivity contribution in [3.05, 3.63) is 29.8 Å². The first-order valence-corrected chi connectivity index (χ1v) is 5.02. The lowest BCUT2D eigenvalue weighted by Gasteiger charge is -1.94. The Morgan fingerprint density at radius 3 is 2.07 bits per heavy atom. The predicted molar refractivity (Wildman–Crippen MR) is 54.8 cm³/mol. The summed E-state index contributed by atoms with van der Waals surface area (Å²) in [4.78, 5) is 9.62. The van der Waals surface area contributed by atoms with E-state index in [9.17, 15) is 4.21 Å². The van der Waals surface area contributed by atoms with Crippen molar-refractivity contribution < 1.29 is 13.7 Å². The fourth-order valence-corrected chi connectivity index (χ4v) is 1.08. The lowest BCUT2D eigenvalue weighted by Crippen LogP contribution is -2.01. The summed E-state index contributed by atoms with van der Waals surface area (Å²) in [5, 5.41) is 5.14. The molecule has 0 amide bonds. The third kappa shape index (κ3) is 5.45. The van der Waals surface area contributed by atoms with Crippen LogP contribution in [0.15, 0.2) is 29.2 Å². The maximum atomic E-state index is 10.6. The van der Waals surface area contributed by atoms with E-state index in [0.29, 0.717) is 11.4 Å². The summed E-state index contributed by atoms with van der Waals surface area (Å²) in [5.74, 6) is 0. The number of nitrogens with two attached hydrogens (primary N) is 1. The second-order valence-electron chi connectivity index (χ2n) is 2.44. The van der Waals surface area contributed by atoms with Gasteiger partial charge in [-0.1, -0.05) is 17.7 Å². The van der Waals surface area contributed by atoms with Gasteiger partial charge in [-0.2, -0.15) is 0 Å². The second-order valence-corrected chi connectivity index (χ2v) is 3.51. The molecule has 0 heterocycles. The van der Waals surface area contributed by atoms with Crippen LogP contribution >= 0.6 is 0 Å². The predicted octanol–water partition coefficient (Wildman–Crippen LogP) is 0.766. The molecule has 1 aromatic rings. The fourth-order valence-electron chi connectivity index (χ4n) is 0.672. The minimum absolute atomic E-state index is 0.375. The van der Waals surface area contributed by atoms with Gasteiger partial charge in [0.05, 0.1) is 12.0 Å². The first kappa shape index (κ1) is 12.8. The molecule has 5 heteroatoms. The number of methoxy groups -OCH3 is 1. The lowest BCUT2D eigenvalue weighted by atomic mass is 10.2. The molecule has 1 aromatic carbocycles. The topological polar surface area (TPSA) is 69.4 Å². The SMILES string of the molecule is COC=O.Cc1ccc(S(N)=O)cc1. The Morgan fingerprint density at radius 2 is 1.79 bits per heavy atom. The summed E-state index contributed by atoms with van der Waals surface area (Å²) >= 11 is 0. The van der Waals surface area contributed by atoms with Crippen molar-refractivity contribution in [1.29, 1.82) is 0 Å². The monoisotopic (exact) mass is 215 g/mol. The Morgan fingerprint density at radius 1 is 1.36 bits per heavy atom. The van der Waals surface area contributed by atoms with Gasteiger partial charge in [0.25, 0.3) is 6.47 Å². The number of carbonyl (C=O) groups is 1. The van der Waals surface area contributed by atoms with Crippen molar-refractivity contribution in [3.63, 3.8) is 0 Å². The van der Waals surface area contributed by atoms with Gasteiger partial charge in [0.2, 0.25) is 0 Å². The average Bonchev–Trinajstić information content (AvgIpc) is 2.19. The van der Waals surface area contributed by atoms with Crippen LogP contribution < -0.4 is 5.14 Å². The van der Waals surface area contributed by atoms with E-state index in [1.54, 1.807) is 12.1 Å². The number of benzene rings is 1. The van der Waals surface area contributed by atoms with Crippen molar-refractivity contribution in [2.45, 2.75) is 11.8 Å². The van der Waals surface area contributed by atoms with E-state index in [4.69, 9.17) is 9.93 Å². The van der Waals surface area contributed by atoms with Gasteiger partial charge < -0.3 is 4.74 Å². The molecule has 0 aliphatic carbocycles. The van der Waals surface area contributed by atoms with Gasteiger partial charge in [-0.05, 0) is 19.1 Å². The maximum absolute atomic E-state index is 10.6. The fraction of sp³-hybridized carbons (Fsp3) is 0.222. The van der Waals surface area contributed by atoms with E-state index < -0.39 is 11.0 Å². The van der Waals surface area contributed by atoms with Crippen molar-refractivity contribution >= 4 is 17.5 Å². The molecule has 1 atom stereocenters. The van der Waals surface area contributed by atoms with E-state index in [2.05, 4.69) is 4.74 Å². The van der Waals surface area contributed by atoms with Gasteiger partial charge in [-0.3, -0.25) is 4.79 Å². The second kappa shape index (κ2) is 7.23. The summed E-state index contributed by atoms with van der Waals surface area (Å²) in [6, 6.07) is 7.32. The maximum Gasteiger partial charge on any atom is 0.292 e. The third-order valence-corrected chi connectivity index (χ3v) is 2.09. The Labute approximate surface area is 85.7 Å². The van der Waals surface area contributed by atoms with Crippen LogP contribution in [0.4, 0.5) is 0 Å². The number of carbonyl (C=O) groups excluding carboxylic acids is 1. The highest BCUT2D eigenvalue weighted by Gasteiger charge is 1.94. The minimum Gasteiger partial charge on any atom is -0.471 e. The van der Waals surface area contributed by atoms with Crippen LogP contribution in [0.1, 0.15) is 5.56 Å². The third-order valence-electron chi connectivity index (χ3n) is 1.35. The molecule has 0 aromatic heterocycles. The molecule has 0 radical (unpaired) electrons. The molecule has 1 rings (SSSR count). The van der Waals surface area contributed by atoms with Gasteiger partial charge in [-0.25, -0.2) is 9.35 Å². The lowest BCUT2D eigenvalue weighted by molar-refractivity contribution is -0.126. The normalized spacial score (nSPS) is 10.8. The quantitative estimate of drug-likeness (QED) is 0.741. The summed E-state index contributed by atoms with van der Waals surface area (Å²) in [6.45, 7) is 2.35. The average molecular weight is 215 g/mol. The highest BCUT2D eigenvalue weighted by Crippen LogP contribution is 2.04. The van der Waals surface area contributed by atoms with Crippen molar-refractivity contribution in [2.75, 3.05) is 7.11 Å². The van der Waals surface area contributed by atoms with Crippen LogP contribution in [0.5, 0.6) is 0 Å². The number of aryl methyl sites for hydroxylation is 1. The molecule has 0 aliphatic rings. The molecule has 0 aliphatic heterocycles. The van der Waals surface area contributed by atoms with Gasteiger partial charge in [0.1, 0.15) is 11.0 Å². The largest absolute Gasteiger partial charge is 0.471 e. The molecular weight excluding hydrogens is 202 g/mol. The molecule has 0 spiro atoms. The van der Waals surface area contributed by atoms with Gasteiger partial charge in [0.15, 0.2) is 0 Å². The standard InChI is InChI=1S/C7H9NOS.C2H4O2/c1-6-2-4-7(5-3-6)10(8)9;1-4-2-3/h2-5H,8H2,1H3;2H,1H3. The molecule has 14 heavy (non-hydrogen) atoms. The van der Waals surface area contributed by atoms with Gasteiger partial charge in [-0.15, -0.1) is 0 Å². The Kier molecular flexibility index (Phi) is 6.61. The number of rotatable bonds is 2. The number of hydrogen-bond donors (Lipinski definition) is 1. The van der Waals surface area contributed by atoms with Gasteiger partial charge in [0, 0.05) is 0 Å². The Balaban J connectivity index is 0.000000364. The van der Waals surface area contributed by atoms with Crippen LogP contribution in [-0.4, -0.2) is 17.8 Å². The molecule has 4 nitrogen and oxygen atoms in total. The van der Waals surface area contributed by atoms with Crippen LogP contribution in [0.25, 0.3) is 0 Å². The molecule has 0 saturated carbocycles. The van der Waals surface area contributed by atoms with Crippen molar-refractivity contribution in [3.8, 4) is 0 Å². The number of hydrogen-bond acceptors (Lipinski definition) is 3. The van der Waals surface area contributed by atoms with E-state index >= 15 is 0 Å². The van der Waals surface area contributed by atoms with Crippen LogP contribution in [-0.2, 0) is 20.5 Å². The minimum atomic E-state index is -1.34. The molecule has 78 valence electrons. The van der Waals surface area contributed by atoms with Crippen LogP contribution in [0, 0.1) is 6.92 Å². The number of ether oxygens (including phenoxy) is 1. The van der Waals surface area contributed by atoms with Crippen molar-refractivity contribution in [2.24, 2.45) is 5.14 Å². The molecule has 0 fully saturated rings. The molecule has 2 N–H and O–H groups in total. The zero-order valence-corrected chi connectivity index (χ0v) is 8.91. The molecule has 0 bridgehead atoms. The zero-order chi connectivity index (χ0) is 11.0. The smallest absolute Gasteiger partial charge is 0.292 e. The van der Waals surface area contributed by atoms with E-state index in [1.807, 2.05) is 19.1 Å². The first-order valence-electron chi connectivity index (χ1n) is 3.81. The molecular formula is C9H13NO3S. The van der Waals surface area contributed by atoms with E-state index in [-0.39, 0.29) is 0 Å². The summed E-state index contributed by atoms with van der Waals surface area (Å²) in [7, 11) is -0.0247. The summed E-state index contributed by atoms with van der Waals surface area (Å²) in [6.07, 6.45) is 0. The summed E-state index contributed by atoms with van der Waals surface area (Å²) < 4.78 is 14.5. The van der Waals surface area contributed by atoms with Crippen LogP contribution in [0.3, 0.4) is 0 Å². The zero-order valence-electron chi connectivity index (χ0n) is 8.10. The highest BCUT2D eigenvalue weighted by molar-refractivity contribution is 7.82. The van der Waals surface area contributed by atoms with Crippen molar-refractivity contribution in [1.82, 2.24) is 0 Å². The molecule has 1 unspecified atom stereocenters. The van der Waals surface area contributed by atoms with E-state index in [0.717, 1.165) is 5.56 Å². The van der Waals surface area contributed by atoms with Crippen LogP contribution in [0.2, 0.25) is 0 Å². The molecule has 0 saturated heterocycles. The first-order chi connectivity index (χ1) is 6.61. The Bertz CT molecular complexity index is 297. The highest BCUT2D eigenvalue weighted by atomic mass is 32.2. The Hall–Kier alpha value is -1.20. The summed E-state index contributed by atoms with van der Waals surface area (Å²) in [5.41, 5.74) is 1.15. The van der Waals surface area contributed by atoms with E-state index in [1.165, 1.54) is 7.11 Å². The van der Waals surface area contributed by atoms with Gasteiger partial charge >= 0.3 is 0 Å².